The van der Waals surface area contributed by atoms with Crippen LogP contribution in [0.25, 0.3) is 0 Å². The Morgan fingerprint density at radius 2 is 2.12 bits per heavy atom. The highest BCUT2D eigenvalue weighted by Gasteiger charge is 2.16. The lowest BCUT2D eigenvalue weighted by molar-refractivity contribution is 0.328. The van der Waals surface area contributed by atoms with Crippen LogP contribution in [0, 0.1) is 6.92 Å². The second-order valence-corrected chi connectivity index (χ2v) is 4.92. The molecule has 0 bridgehead atoms. The van der Waals surface area contributed by atoms with Crippen molar-refractivity contribution in [3.63, 3.8) is 0 Å². The fourth-order valence-corrected chi connectivity index (χ4v) is 2.45. The summed E-state index contributed by atoms with van der Waals surface area (Å²) in [5.41, 5.74) is 1.70. The van der Waals surface area contributed by atoms with Crippen LogP contribution in [0.4, 0.5) is 0 Å². The van der Waals surface area contributed by atoms with E-state index in [4.69, 9.17) is 0 Å². The van der Waals surface area contributed by atoms with Gasteiger partial charge in [0.05, 0.1) is 11.3 Å². The van der Waals surface area contributed by atoms with E-state index in [0.29, 0.717) is 5.16 Å². The summed E-state index contributed by atoms with van der Waals surface area (Å²) in [6.45, 7) is 4.86. The van der Waals surface area contributed by atoms with E-state index in [1.807, 2.05) is 13.2 Å². The van der Waals surface area contributed by atoms with Crippen LogP contribution in [0.3, 0.4) is 0 Å². The van der Waals surface area contributed by atoms with Crippen LogP contribution in [0.15, 0.2) is 9.95 Å². The van der Waals surface area contributed by atoms with Crippen LogP contribution in [0.1, 0.15) is 24.1 Å². The van der Waals surface area contributed by atoms with Gasteiger partial charge < -0.3 is 4.98 Å². The van der Waals surface area contributed by atoms with Crippen molar-refractivity contribution in [3.8, 4) is 0 Å². The number of hydrogen-bond acceptors (Lipinski definition) is 4. The summed E-state index contributed by atoms with van der Waals surface area (Å²) in [7, 11) is 0. The number of aromatic nitrogens is 2. The number of hydrogen-bond donors (Lipinski definition) is 1. The quantitative estimate of drug-likeness (QED) is 0.640. The van der Waals surface area contributed by atoms with Gasteiger partial charge in [-0.1, -0.05) is 11.8 Å². The standard InChI is InChI=1S/C11H17N3OS/c1-8-9(7-14-5-3-4-6-14)10(15)13-11(12-8)16-2/h3-7H2,1-2H3,(H,12,13,15). The molecule has 1 N–H and O–H groups in total. The number of rotatable bonds is 3. The van der Waals surface area contributed by atoms with Crippen LogP contribution in [0.2, 0.25) is 0 Å². The van der Waals surface area contributed by atoms with Crippen LogP contribution in [-0.2, 0) is 6.54 Å². The maximum Gasteiger partial charge on any atom is 0.256 e. The summed E-state index contributed by atoms with van der Waals surface area (Å²) in [4.78, 5) is 21.4. The SMILES string of the molecule is CSc1nc(C)c(CN2CCCC2)c(=O)[nH]1. The van der Waals surface area contributed by atoms with Gasteiger partial charge in [-0.25, -0.2) is 4.98 Å². The van der Waals surface area contributed by atoms with Crippen molar-refractivity contribution in [1.29, 1.82) is 0 Å². The van der Waals surface area contributed by atoms with Crippen LogP contribution >= 0.6 is 11.8 Å². The van der Waals surface area contributed by atoms with Gasteiger partial charge in [-0.3, -0.25) is 9.69 Å². The van der Waals surface area contributed by atoms with Crippen molar-refractivity contribution in [1.82, 2.24) is 14.9 Å². The minimum Gasteiger partial charge on any atom is -0.301 e. The molecular weight excluding hydrogens is 222 g/mol. The first-order valence-electron chi connectivity index (χ1n) is 5.57. The largest absolute Gasteiger partial charge is 0.301 e. The molecule has 1 aromatic rings. The highest BCUT2D eigenvalue weighted by atomic mass is 32.2. The van der Waals surface area contributed by atoms with Crippen molar-refractivity contribution in [2.75, 3.05) is 19.3 Å². The van der Waals surface area contributed by atoms with Gasteiger partial charge in [0.1, 0.15) is 0 Å². The number of likely N-dealkylation sites (tertiary alicyclic amines) is 1. The lowest BCUT2D eigenvalue weighted by Gasteiger charge is -2.15. The normalized spacial score (nSPS) is 16.9. The molecule has 0 aromatic carbocycles. The topological polar surface area (TPSA) is 49.0 Å². The fraction of sp³-hybridized carbons (Fsp3) is 0.636. The maximum absolute atomic E-state index is 11.9. The van der Waals surface area contributed by atoms with E-state index < -0.39 is 0 Å². The van der Waals surface area contributed by atoms with Crippen molar-refractivity contribution in [3.05, 3.63) is 21.6 Å². The van der Waals surface area contributed by atoms with Gasteiger partial charge in [-0.05, 0) is 39.1 Å². The van der Waals surface area contributed by atoms with Gasteiger partial charge in [-0.15, -0.1) is 0 Å². The molecule has 1 aliphatic rings. The van der Waals surface area contributed by atoms with E-state index >= 15 is 0 Å². The molecule has 88 valence electrons. The van der Waals surface area contributed by atoms with E-state index in [2.05, 4.69) is 14.9 Å². The van der Waals surface area contributed by atoms with Crippen LogP contribution < -0.4 is 5.56 Å². The predicted molar refractivity (Wildman–Crippen MR) is 65.9 cm³/mol. The van der Waals surface area contributed by atoms with E-state index in [1.165, 1.54) is 24.6 Å². The smallest absolute Gasteiger partial charge is 0.256 e. The van der Waals surface area contributed by atoms with Gasteiger partial charge in [0.2, 0.25) is 0 Å². The van der Waals surface area contributed by atoms with Crippen molar-refractivity contribution >= 4 is 11.8 Å². The lowest BCUT2D eigenvalue weighted by atomic mass is 10.2. The van der Waals surface area contributed by atoms with Gasteiger partial charge >= 0.3 is 0 Å². The summed E-state index contributed by atoms with van der Waals surface area (Å²) in [6.07, 6.45) is 4.40. The molecule has 1 aromatic heterocycles. The molecule has 2 heterocycles. The number of aryl methyl sites for hydroxylation is 1. The number of H-pyrrole nitrogens is 1. The van der Waals surface area contributed by atoms with E-state index in [9.17, 15) is 4.79 Å². The number of nitrogens with zero attached hydrogens (tertiary/aromatic N) is 2. The first-order valence-corrected chi connectivity index (χ1v) is 6.79. The minimum atomic E-state index is 0.0174. The summed E-state index contributed by atoms with van der Waals surface area (Å²) >= 11 is 1.47. The van der Waals surface area contributed by atoms with Gasteiger partial charge in [-0.2, -0.15) is 0 Å². The van der Waals surface area contributed by atoms with E-state index in [-0.39, 0.29) is 5.56 Å². The molecule has 1 aliphatic heterocycles. The third-order valence-electron chi connectivity index (χ3n) is 2.97. The molecule has 0 atom stereocenters. The third kappa shape index (κ3) is 2.47. The molecule has 0 aliphatic carbocycles. The first kappa shape index (κ1) is 11.7. The lowest BCUT2D eigenvalue weighted by Crippen LogP contribution is -2.26. The highest BCUT2D eigenvalue weighted by molar-refractivity contribution is 7.98. The van der Waals surface area contributed by atoms with Crippen molar-refractivity contribution < 1.29 is 0 Å². The summed E-state index contributed by atoms with van der Waals surface area (Å²) in [5.74, 6) is 0. The molecule has 0 unspecified atom stereocenters. The molecule has 0 radical (unpaired) electrons. The highest BCUT2D eigenvalue weighted by Crippen LogP contribution is 2.13. The summed E-state index contributed by atoms with van der Waals surface area (Å²) in [5, 5.41) is 0.702. The van der Waals surface area contributed by atoms with Crippen LogP contribution in [0.5, 0.6) is 0 Å². The molecule has 1 saturated heterocycles. The molecule has 0 amide bonds. The number of thioether (sulfide) groups is 1. The first-order chi connectivity index (χ1) is 7.70. The predicted octanol–water partition coefficient (Wildman–Crippen LogP) is 1.40. The zero-order chi connectivity index (χ0) is 11.5. The Labute approximate surface area is 99.5 Å². The Hall–Kier alpha value is -0.810. The Morgan fingerprint density at radius 3 is 2.69 bits per heavy atom. The molecule has 2 rings (SSSR count). The van der Waals surface area contributed by atoms with E-state index in [1.54, 1.807) is 0 Å². The average Bonchev–Trinajstić information content (AvgIpc) is 2.75. The molecule has 1 fully saturated rings. The Balaban J connectivity index is 2.23. The number of nitrogens with one attached hydrogen (secondary N) is 1. The Morgan fingerprint density at radius 1 is 1.44 bits per heavy atom. The minimum absolute atomic E-state index is 0.0174. The summed E-state index contributed by atoms with van der Waals surface area (Å²) < 4.78 is 0. The monoisotopic (exact) mass is 239 g/mol. The van der Waals surface area contributed by atoms with E-state index in [0.717, 1.165) is 30.9 Å². The van der Waals surface area contributed by atoms with Crippen LogP contribution in [-0.4, -0.2) is 34.2 Å². The molecule has 0 spiro atoms. The molecule has 5 heteroatoms. The Bertz CT molecular complexity index is 424. The third-order valence-corrected chi connectivity index (χ3v) is 3.55. The summed E-state index contributed by atoms with van der Waals surface area (Å²) in [6, 6.07) is 0. The fourth-order valence-electron chi connectivity index (χ4n) is 2.03. The molecule has 4 nitrogen and oxygen atoms in total. The second kappa shape index (κ2) is 5.01. The molecule has 16 heavy (non-hydrogen) atoms. The molecular formula is C11H17N3OS. The molecule has 0 saturated carbocycles. The zero-order valence-corrected chi connectivity index (χ0v) is 10.6. The van der Waals surface area contributed by atoms with Gasteiger partial charge in [0.25, 0.3) is 5.56 Å². The average molecular weight is 239 g/mol. The number of aromatic amines is 1. The Kier molecular flexibility index (Phi) is 3.66. The van der Waals surface area contributed by atoms with Gasteiger partial charge in [0, 0.05) is 6.54 Å². The van der Waals surface area contributed by atoms with Gasteiger partial charge in [0.15, 0.2) is 5.16 Å². The van der Waals surface area contributed by atoms with Crippen molar-refractivity contribution in [2.24, 2.45) is 0 Å². The second-order valence-electron chi connectivity index (χ2n) is 4.12. The maximum atomic E-state index is 11.9. The zero-order valence-electron chi connectivity index (χ0n) is 9.75. The van der Waals surface area contributed by atoms with Crippen molar-refractivity contribution in [2.45, 2.75) is 31.5 Å².